The van der Waals surface area contributed by atoms with E-state index in [4.69, 9.17) is 4.74 Å². The number of amides is 1. The lowest BCUT2D eigenvalue weighted by Crippen LogP contribution is -2.59. The van der Waals surface area contributed by atoms with Gasteiger partial charge in [-0.05, 0) is 30.9 Å². The SMILES string of the molecule is C=C/C=C\C(=C/C)C1CCC2N(C)C(=O)c3c(OCc4ccccc4)c(=O)ccn3N12. The van der Waals surface area contributed by atoms with Crippen LogP contribution in [0.5, 0.6) is 5.75 Å². The van der Waals surface area contributed by atoms with Crippen molar-refractivity contribution in [3.8, 4) is 5.75 Å². The fourth-order valence-electron chi connectivity index (χ4n) is 4.41. The number of ether oxygens (including phenoxy) is 1. The maximum atomic E-state index is 13.3. The molecule has 0 saturated carbocycles. The molecular weight excluding hydrogens is 390 g/mol. The summed E-state index contributed by atoms with van der Waals surface area (Å²) in [5.74, 6) is -0.109. The number of nitrogens with zero attached hydrogens (tertiary/aromatic N) is 3. The molecule has 2 unspecified atom stereocenters. The first-order valence-electron chi connectivity index (χ1n) is 10.5. The molecular formula is C25H27N3O3. The predicted molar refractivity (Wildman–Crippen MR) is 122 cm³/mol. The van der Waals surface area contributed by atoms with Crippen LogP contribution in [0.2, 0.25) is 0 Å². The van der Waals surface area contributed by atoms with Gasteiger partial charge in [0.05, 0.1) is 6.04 Å². The molecule has 2 aromatic rings. The van der Waals surface area contributed by atoms with Crippen LogP contribution in [0.1, 0.15) is 35.8 Å². The maximum absolute atomic E-state index is 13.3. The van der Waals surface area contributed by atoms with Crippen molar-refractivity contribution in [1.29, 1.82) is 0 Å². The average molecular weight is 418 g/mol. The van der Waals surface area contributed by atoms with E-state index in [1.54, 1.807) is 24.2 Å². The molecule has 0 spiro atoms. The van der Waals surface area contributed by atoms with Crippen molar-refractivity contribution in [2.75, 3.05) is 12.1 Å². The zero-order chi connectivity index (χ0) is 22.0. The maximum Gasteiger partial charge on any atom is 0.277 e. The number of aromatic nitrogens is 1. The number of carbonyl (C=O) groups is 1. The topological polar surface area (TPSA) is 54.8 Å². The molecule has 1 aromatic carbocycles. The van der Waals surface area contributed by atoms with E-state index in [0.29, 0.717) is 0 Å². The molecule has 1 fully saturated rings. The number of rotatable bonds is 6. The second-order valence-corrected chi connectivity index (χ2v) is 7.73. The summed E-state index contributed by atoms with van der Waals surface area (Å²) in [6, 6.07) is 11.2. The number of pyridine rings is 1. The first kappa shape index (κ1) is 20.7. The third kappa shape index (κ3) is 3.69. The van der Waals surface area contributed by atoms with Gasteiger partial charge in [0, 0.05) is 19.3 Å². The summed E-state index contributed by atoms with van der Waals surface area (Å²) in [7, 11) is 1.79. The van der Waals surface area contributed by atoms with Gasteiger partial charge in [-0.25, -0.2) is 0 Å². The molecule has 0 N–H and O–H groups in total. The number of allylic oxidation sites excluding steroid dienone is 3. The highest BCUT2D eigenvalue weighted by Crippen LogP contribution is 2.35. The molecule has 0 aliphatic carbocycles. The Labute approximate surface area is 182 Å². The summed E-state index contributed by atoms with van der Waals surface area (Å²) >= 11 is 0. The van der Waals surface area contributed by atoms with Gasteiger partial charge in [-0.15, -0.1) is 0 Å². The van der Waals surface area contributed by atoms with E-state index >= 15 is 0 Å². The normalized spacial score (nSPS) is 20.7. The highest BCUT2D eigenvalue weighted by Gasteiger charge is 2.45. The molecule has 2 atom stereocenters. The third-order valence-corrected chi connectivity index (χ3v) is 5.95. The molecule has 1 amide bonds. The summed E-state index contributed by atoms with van der Waals surface area (Å²) in [5, 5.41) is 2.17. The summed E-state index contributed by atoms with van der Waals surface area (Å²) in [6.07, 6.45) is 11.1. The smallest absolute Gasteiger partial charge is 0.277 e. The van der Waals surface area contributed by atoms with Gasteiger partial charge in [0.15, 0.2) is 11.4 Å². The monoisotopic (exact) mass is 417 g/mol. The van der Waals surface area contributed by atoms with E-state index < -0.39 is 0 Å². The van der Waals surface area contributed by atoms with Crippen molar-refractivity contribution in [1.82, 2.24) is 9.58 Å². The lowest BCUT2D eigenvalue weighted by Gasteiger charge is -2.44. The Kier molecular flexibility index (Phi) is 5.80. The fourth-order valence-corrected chi connectivity index (χ4v) is 4.41. The Morgan fingerprint density at radius 2 is 1.97 bits per heavy atom. The van der Waals surface area contributed by atoms with E-state index in [1.807, 2.05) is 54.1 Å². The first-order valence-corrected chi connectivity index (χ1v) is 10.5. The minimum absolute atomic E-state index is 0.0741. The summed E-state index contributed by atoms with van der Waals surface area (Å²) in [6.45, 7) is 5.99. The summed E-state index contributed by atoms with van der Waals surface area (Å²) in [4.78, 5) is 27.7. The van der Waals surface area contributed by atoms with Crippen LogP contribution in [-0.4, -0.2) is 34.7 Å². The van der Waals surface area contributed by atoms with E-state index in [1.165, 1.54) is 6.07 Å². The van der Waals surface area contributed by atoms with Gasteiger partial charge in [-0.1, -0.05) is 61.2 Å². The van der Waals surface area contributed by atoms with Crippen LogP contribution in [0.3, 0.4) is 0 Å². The number of hydrogen-bond donors (Lipinski definition) is 0. The van der Waals surface area contributed by atoms with E-state index in [0.717, 1.165) is 24.0 Å². The van der Waals surface area contributed by atoms with Crippen LogP contribution in [0, 0.1) is 0 Å². The second kappa shape index (κ2) is 8.68. The Balaban J connectivity index is 1.77. The highest BCUT2D eigenvalue weighted by molar-refractivity contribution is 5.96. The third-order valence-electron chi connectivity index (χ3n) is 5.95. The lowest BCUT2D eigenvalue weighted by molar-refractivity contribution is 0.0648. The van der Waals surface area contributed by atoms with E-state index in [-0.39, 0.29) is 41.6 Å². The Morgan fingerprint density at radius 1 is 1.19 bits per heavy atom. The Hall–Kier alpha value is -3.54. The van der Waals surface area contributed by atoms with Crippen molar-refractivity contribution in [2.24, 2.45) is 0 Å². The van der Waals surface area contributed by atoms with Crippen LogP contribution in [0.15, 0.2) is 83.8 Å². The summed E-state index contributed by atoms with van der Waals surface area (Å²) < 4.78 is 7.74. The largest absolute Gasteiger partial charge is 0.482 e. The van der Waals surface area contributed by atoms with Gasteiger partial charge in [0.25, 0.3) is 5.91 Å². The molecule has 2 aliphatic heterocycles. The molecule has 3 heterocycles. The number of fused-ring (bicyclic) bond motifs is 3. The lowest BCUT2D eigenvalue weighted by atomic mass is 10.0. The van der Waals surface area contributed by atoms with Gasteiger partial charge >= 0.3 is 0 Å². The molecule has 4 rings (SSSR count). The minimum Gasteiger partial charge on any atom is -0.482 e. The van der Waals surface area contributed by atoms with Crippen molar-refractivity contribution < 1.29 is 9.53 Å². The van der Waals surface area contributed by atoms with E-state index in [9.17, 15) is 9.59 Å². The number of hydrogen-bond acceptors (Lipinski definition) is 4. The van der Waals surface area contributed by atoms with Crippen molar-refractivity contribution in [2.45, 2.75) is 38.6 Å². The molecule has 1 saturated heterocycles. The van der Waals surface area contributed by atoms with Crippen molar-refractivity contribution in [3.05, 3.63) is 101 Å². The quantitative estimate of drug-likeness (QED) is 0.674. The highest BCUT2D eigenvalue weighted by atomic mass is 16.5. The molecule has 0 bridgehead atoms. The molecule has 31 heavy (non-hydrogen) atoms. The van der Waals surface area contributed by atoms with Crippen molar-refractivity contribution in [3.63, 3.8) is 0 Å². The second-order valence-electron chi connectivity index (χ2n) is 7.73. The van der Waals surface area contributed by atoms with Crippen LogP contribution in [0.25, 0.3) is 0 Å². The van der Waals surface area contributed by atoms with Crippen LogP contribution in [-0.2, 0) is 6.61 Å². The van der Waals surface area contributed by atoms with Gasteiger partial charge in [-0.3, -0.25) is 19.3 Å². The average Bonchev–Trinajstić information content (AvgIpc) is 3.23. The molecule has 6 nitrogen and oxygen atoms in total. The molecule has 6 heteroatoms. The fraction of sp³-hybridized carbons (Fsp3) is 0.280. The predicted octanol–water partition coefficient (Wildman–Crippen LogP) is 3.63. The van der Waals surface area contributed by atoms with Gasteiger partial charge in [0.2, 0.25) is 5.43 Å². The van der Waals surface area contributed by atoms with Crippen LogP contribution in [0.4, 0.5) is 0 Å². The number of carbonyl (C=O) groups excluding carboxylic acids is 1. The Bertz CT molecular complexity index is 1100. The zero-order valence-electron chi connectivity index (χ0n) is 17.9. The first-order chi connectivity index (χ1) is 15.1. The van der Waals surface area contributed by atoms with Gasteiger partial charge in [0.1, 0.15) is 12.8 Å². The van der Waals surface area contributed by atoms with Crippen LogP contribution < -0.4 is 15.2 Å². The molecule has 160 valence electrons. The summed E-state index contributed by atoms with van der Waals surface area (Å²) in [5.41, 5.74) is 2.05. The minimum atomic E-state index is -0.295. The molecule has 2 aliphatic rings. The zero-order valence-corrected chi connectivity index (χ0v) is 17.9. The van der Waals surface area contributed by atoms with Crippen LogP contribution >= 0.6 is 0 Å². The molecule has 1 aromatic heterocycles. The van der Waals surface area contributed by atoms with Crippen molar-refractivity contribution >= 4 is 5.91 Å². The van der Waals surface area contributed by atoms with Gasteiger partial charge in [-0.2, -0.15) is 0 Å². The standard InChI is InChI=1S/C25H27N3O3/c1-4-6-12-19(5-2)20-13-14-22-26(3)25(30)23-24(21(29)15-16-27(23)28(20)22)31-17-18-10-8-7-9-11-18/h4-12,15-16,20,22H,1,13-14,17H2,2-3H3/b12-6-,19-5+. The Morgan fingerprint density at radius 3 is 2.68 bits per heavy atom. The van der Waals surface area contributed by atoms with E-state index in [2.05, 4.69) is 17.7 Å². The van der Waals surface area contributed by atoms with Gasteiger partial charge < -0.3 is 9.64 Å². The number of benzene rings is 1. The molecule has 0 radical (unpaired) electrons.